The van der Waals surface area contributed by atoms with Gasteiger partial charge in [-0.15, -0.1) is 0 Å². The van der Waals surface area contributed by atoms with Gasteiger partial charge in [0.1, 0.15) is 6.04 Å². The summed E-state index contributed by atoms with van der Waals surface area (Å²) in [6, 6.07) is 7.78. The van der Waals surface area contributed by atoms with E-state index >= 15 is 0 Å². The van der Waals surface area contributed by atoms with Crippen molar-refractivity contribution in [2.45, 2.75) is 38.5 Å². The summed E-state index contributed by atoms with van der Waals surface area (Å²) in [5.74, 6) is -0.509. The molecule has 0 amide bonds. The van der Waals surface area contributed by atoms with Gasteiger partial charge in [-0.3, -0.25) is 0 Å². The molecule has 1 aromatic carbocycles. The maximum Gasteiger partial charge on any atom is 0.328 e. The number of esters is 1. The molecule has 0 aliphatic carbocycles. The number of carbonyl (C=O) groups excluding carboxylic acids is 1. The van der Waals surface area contributed by atoms with E-state index in [9.17, 15) is 9.00 Å². The summed E-state index contributed by atoms with van der Waals surface area (Å²) in [4.78, 5) is 12.1. The standard InChI is InChI=1S/C15H20N2O3S/c1-5-20-14(18)13(17-21(19)15(2,3)4)12-8-6-7-11(9-12)10-16/h6-9,13,17H,5H2,1-4H3/t13-,21?/m0/s1. The van der Waals surface area contributed by atoms with Gasteiger partial charge in [0.05, 0.1) is 34.0 Å². The summed E-state index contributed by atoms with van der Waals surface area (Å²) < 4.78 is 19.5. The number of nitriles is 1. The van der Waals surface area contributed by atoms with E-state index in [-0.39, 0.29) is 6.61 Å². The molecular weight excluding hydrogens is 288 g/mol. The van der Waals surface area contributed by atoms with Crippen molar-refractivity contribution in [1.82, 2.24) is 4.72 Å². The highest BCUT2D eigenvalue weighted by Crippen LogP contribution is 2.20. The van der Waals surface area contributed by atoms with Crippen LogP contribution < -0.4 is 4.72 Å². The van der Waals surface area contributed by atoms with Gasteiger partial charge in [0.25, 0.3) is 0 Å². The fraction of sp³-hybridized carbons (Fsp3) is 0.467. The topological polar surface area (TPSA) is 79.2 Å². The number of benzene rings is 1. The summed E-state index contributed by atoms with van der Waals surface area (Å²) in [6.07, 6.45) is 0. The van der Waals surface area contributed by atoms with E-state index < -0.39 is 27.7 Å². The Morgan fingerprint density at radius 3 is 2.67 bits per heavy atom. The number of rotatable bonds is 5. The van der Waals surface area contributed by atoms with Gasteiger partial charge in [0.2, 0.25) is 0 Å². The Labute approximate surface area is 127 Å². The second-order valence-electron chi connectivity index (χ2n) is 5.42. The van der Waals surface area contributed by atoms with Gasteiger partial charge in [-0.1, -0.05) is 12.1 Å². The van der Waals surface area contributed by atoms with Crippen LogP contribution >= 0.6 is 0 Å². The molecule has 6 heteroatoms. The van der Waals surface area contributed by atoms with Crippen molar-refractivity contribution in [3.63, 3.8) is 0 Å². The maximum absolute atomic E-state index is 12.2. The number of hydrogen-bond acceptors (Lipinski definition) is 4. The van der Waals surface area contributed by atoms with E-state index in [1.54, 1.807) is 31.2 Å². The fourth-order valence-corrected chi connectivity index (χ4v) is 2.35. The van der Waals surface area contributed by atoms with Crippen LogP contribution in [0.25, 0.3) is 0 Å². The van der Waals surface area contributed by atoms with E-state index in [0.29, 0.717) is 11.1 Å². The van der Waals surface area contributed by atoms with E-state index in [2.05, 4.69) is 4.72 Å². The van der Waals surface area contributed by atoms with Crippen LogP contribution in [0.15, 0.2) is 24.3 Å². The lowest BCUT2D eigenvalue weighted by atomic mass is 10.1. The van der Waals surface area contributed by atoms with Gasteiger partial charge < -0.3 is 4.74 Å². The van der Waals surface area contributed by atoms with Gasteiger partial charge in [0.15, 0.2) is 0 Å². The molecule has 0 aliphatic heterocycles. The first-order valence-corrected chi connectivity index (χ1v) is 7.79. The molecule has 0 spiro atoms. The predicted octanol–water partition coefficient (Wildman–Crippen LogP) is 2.21. The zero-order valence-electron chi connectivity index (χ0n) is 12.7. The van der Waals surface area contributed by atoms with Crippen molar-refractivity contribution in [2.75, 3.05) is 6.61 Å². The molecule has 1 N–H and O–H groups in total. The highest BCUT2D eigenvalue weighted by Gasteiger charge is 2.29. The molecule has 0 fully saturated rings. The molecule has 0 radical (unpaired) electrons. The second-order valence-corrected chi connectivity index (χ2v) is 7.42. The molecule has 0 bridgehead atoms. The van der Waals surface area contributed by atoms with Crippen molar-refractivity contribution in [3.05, 3.63) is 35.4 Å². The molecule has 114 valence electrons. The Kier molecular flexibility index (Phi) is 6.06. The van der Waals surface area contributed by atoms with Crippen molar-refractivity contribution in [2.24, 2.45) is 0 Å². The van der Waals surface area contributed by atoms with Crippen molar-refractivity contribution < 1.29 is 13.7 Å². The van der Waals surface area contributed by atoms with Gasteiger partial charge in [-0.2, -0.15) is 5.26 Å². The zero-order valence-corrected chi connectivity index (χ0v) is 13.5. The van der Waals surface area contributed by atoms with Crippen LogP contribution in [0.4, 0.5) is 0 Å². The summed E-state index contributed by atoms with van der Waals surface area (Å²) in [6.45, 7) is 7.37. The minimum absolute atomic E-state index is 0.233. The van der Waals surface area contributed by atoms with Crippen LogP contribution in [0.2, 0.25) is 0 Å². The number of ether oxygens (including phenoxy) is 1. The van der Waals surface area contributed by atoms with E-state index in [1.165, 1.54) is 0 Å². The highest BCUT2D eigenvalue weighted by atomic mass is 32.2. The Hall–Kier alpha value is -1.71. The summed E-state index contributed by atoms with van der Waals surface area (Å²) in [5, 5.41) is 8.95. The number of carbonyl (C=O) groups is 1. The second kappa shape index (κ2) is 7.34. The Morgan fingerprint density at radius 2 is 2.14 bits per heavy atom. The van der Waals surface area contributed by atoms with Crippen LogP contribution in [0.1, 0.15) is 44.9 Å². The minimum Gasteiger partial charge on any atom is -0.465 e. The lowest BCUT2D eigenvalue weighted by molar-refractivity contribution is -0.145. The van der Waals surface area contributed by atoms with Crippen LogP contribution in [0.5, 0.6) is 0 Å². The van der Waals surface area contributed by atoms with Crippen molar-refractivity contribution in [3.8, 4) is 6.07 Å². The first kappa shape index (κ1) is 17.3. The third-order valence-corrected chi connectivity index (χ3v) is 4.21. The molecular formula is C15H20N2O3S. The quantitative estimate of drug-likeness (QED) is 0.846. The molecule has 0 saturated carbocycles. The maximum atomic E-state index is 12.2. The van der Waals surface area contributed by atoms with E-state index in [0.717, 1.165) is 0 Å². The highest BCUT2D eigenvalue weighted by molar-refractivity contribution is 7.84. The largest absolute Gasteiger partial charge is 0.465 e. The van der Waals surface area contributed by atoms with Gasteiger partial charge in [-0.25, -0.2) is 13.7 Å². The third kappa shape index (κ3) is 4.96. The summed E-state index contributed by atoms with van der Waals surface area (Å²) >= 11 is 0. The molecule has 0 aromatic heterocycles. The summed E-state index contributed by atoms with van der Waals surface area (Å²) in [5.41, 5.74) is 0.996. The average molecular weight is 308 g/mol. The number of nitrogens with one attached hydrogen (secondary N) is 1. The Bertz CT molecular complexity index is 573. The van der Waals surface area contributed by atoms with E-state index in [4.69, 9.17) is 10.00 Å². The van der Waals surface area contributed by atoms with Crippen molar-refractivity contribution >= 4 is 17.0 Å². The molecule has 0 aliphatic rings. The lowest BCUT2D eigenvalue weighted by Gasteiger charge is -2.23. The normalized spacial score (nSPS) is 14.0. The Morgan fingerprint density at radius 1 is 1.48 bits per heavy atom. The van der Waals surface area contributed by atoms with Gasteiger partial charge in [0, 0.05) is 0 Å². The molecule has 5 nitrogen and oxygen atoms in total. The van der Waals surface area contributed by atoms with Crippen LogP contribution in [-0.4, -0.2) is 21.5 Å². The number of hydrogen-bond donors (Lipinski definition) is 1. The first-order chi connectivity index (χ1) is 9.79. The minimum atomic E-state index is -1.43. The van der Waals surface area contributed by atoms with Crippen LogP contribution in [0.3, 0.4) is 0 Å². The van der Waals surface area contributed by atoms with Crippen molar-refractivity contribution in [1.29, 1.82) is 5.26 Å². The van der Waals surface area contributed by atoms with Gasteiger partial charge in [-0.05, 0) is 45.4 Å². The molecule has 21 heavy (non-hydrogen) atoms. The number of nitrogens with zero attached hydrogens (tertiary/aromatic N) is 1. The monoisotopic (exact) mass is 308 g/mol. The molecule has 0 heterocycles. The van der Waals surface area contributed by atoms with E-state index in [1.807, 2.05) is 26.8 Å². The molecule has 0 saturated heterocycles. The predicted molar refractivity (Wildman–Crippen MR) is 81.6 cm³/mol. The SMILES string of the molecule is CCOC(=O)[C@@H](NS(=O)C(C)(C)C)c1cccc(C#N)c1. The molecule has 1 unspecified atom stereocenters. The smallest absolute Gasteiger partial charge is 0.328 e. The first-order valence-electron chi connectivity index (χ1n) is 6.64. The van der Waals surface area contributed by atoms with Crippen LogP contribution in [0, 0.1) is 11.3 Å². The van der Waals surface area contributed by atoms with Crippen LogP contribution in [-0.2, 0) is 20.5 Å². The third-order valence-electron chi connectivity index (χ3n) is 2.65. The fourth-order valence-electron chi connectivity index (χ4n) is 1.55. The molecule has 2 atom stereocenters. The average Bonchev–Trinajstić information content (AvgIpc) is 2.43. The molecule has 1 rings (SSSR count). The lowest BCUT2D eigenvalue weighted by Crippen LogP contribution is -2.39. The zero-order chi connectivity index (χ0) is 16.0. The molecule has 1 aromatic rings. The summed E-state index contributed by atoms with van der Waals surface area (Å²) in [7, 11) is -1.43. The Balaban J connectivity index is 3.11. The van der Waals surface area contributed by atoms with Gasteiger partial charge >= 0.3 is 5.97 Å².